The van der Waals surface area contributed by atoms with E-state index in [1.807, 2.05) is 0 Å². The topological polar surface area (TPSA) is 65.7 Å². The molecule has 0 spiro atoms. The molecule has 0 saturated carbocycles. The third-order valence-corrected chi connectivity index (χ3v) is 2.79. The Bertz CT molecular complexity index is 203. The number of nitrogens with two attached hydrogens (primary N) is 1. The number of guanidine groups is 1. The van der Waals surface area contributed by atoms with Crippen LogP contribution in [0.4, 0.5) is 0 Å². The number of rotatable bonds is 1. The van der Waals surface area contributed by atoms with Crippen molar-refractivity contribution in [2.24, 2.45) is 16.8 Å². The van der Waals surface area contributed by atoms with Crippen molar-refractivity contribution in [2.75, 3.05) is 27.2 Å². The van der Waals surface area contributed by atoms with Crippen molar-refractivity contribution in [2.45, 2.75) is 19.4 Å². The molecule has 0 amide bonds. The molecule has 2 unspecified atom stereocenters. The number of hydrogen-bond acceptors (Lipinski definition) is 3. The average molecular weight is 199 g/mol. The maximum absolute atomic E-state index is 5.32. The lowest BCUT2D eigenvalue weighted by atomic mass is 9.94. The van der Waals surface area contributed by atoms with E-state index in [2.05, 4.69) is 34.6 Å². The molecule has 5 nitrogen and oxygen atoms in total. The van der Waals surface area contributed by atoms with Crippen LogP contribution in [0.15, 0.2) is 4.99 Å². The van der Waals surface area contributed by atoms with E-state index in [1.54, 1.807) is 7.05 Å². The number of likely N-dealkylation sites (tertiary alicyclic amines) is 1. The summed E-state index contributed by atoms with van der Waals surface area (Å²) in [5, 5.41) is 3.31. The van der Waals surface area contributed by atoms with Crippen molar-refractivity contribution in [1.29, 1.82) is 0 Å². The second-order valence-electron chi connectivity index (χ2n) is 4.00. The van der Waals surface area contributed by atoms with Crippen molar-refractivity contribution in [3.8, 4) is 0 Å². The SMILES string of the molecule is CN=C(NN)NC1CCN(C)CC1C. The first kappa shape index (κ1) is 11.3. The molecule has 1 rings (SSSR count). The van der Waals surface area contributed by atoms with E-state index in [0.717, 1.165) is 19.5 Å². The molecule has 0 aliphatic carbocycles. The predicted octanol–water partition coefficient (Wildman–Crippen LogP) is -0.635. The lowest BCUT2D eigenvalue weighted by molar-refractivity contribution is 0.186. The fourth-order valence-corrected chi connectivity index (χ4v) is 1.91. The molecular formula is C9H21N5. The summed E-state index contributed by atoms with van der Waals surface area (Å²) >= 11 is 0. The van der Waals surface area contributed by atoms with Crippen LogP contribution in [0.2, 0.25) is 0 Å². The van der Waals surface area contributed by atoms with Gasteiger partial charge in [0.2, 0.25) is 5.96 Å². The van der Waals surface area contributed by atoms with E-state index in [0.29, 0.717) is 17.9 Å². The van der Waals surface area contributed by atoms with Crippen molar-refractivity contribution < 1.29 is 0 Å². The summed E-state index contributed by atoms with van der Waals surface area (Å²) in [4.78, 5) is 6.36. The van der Waals surface area contributed by atoms with Crippen LogP contribution >= 0.6 is 0 Å². The Morgan fingerprint density at radius 1 is 1.57 bits per heavy atom. The van der Waals surface area contributed by atoms with Crippen molar-refractivity contribution in [3.63, 3.8) is 0 Å². The van der Waals surface area contributed by atoms with Gasteiger partial charge in [0.25, 0.3) is 0 Å². The van der Waals surface area contributed by atoms with Gasteiger partial charge in [-0.15, -0.1) is 0 Å². The van der Waals surface area contributed by atoms with Gasteiger partial charge in [0.15, 0.2) is 0 Å². The Morgan fingerprint density at radius 2 is 2.29 bits per heavy atom. The van der Waals surface area contributed by atoms with E-state index in [9.17, 15) is 0 Å². The van der Waals surface area contributed by atoms with Crippen LogP contribution < -0.4 is 16.6 Å². The zero-order valence-corrected chi connectivity index (χ0v) is 9.25. The second-order valence-corrected chi connectivity index (χ2v) is 4.00. The molecule has 1 aliphatic rings. The molecule has 0 aromatic rings. The maximum atomic E-state index is 5.32. The van der Waals surface area contributed by atoms with Crippen molar-refractivity contribution in [1.82, 2.24) is 15.6 Å². The normalized spacial score (nSPS) is 30.1. The second kappa shape index (κ2) is 5.17. The van der Waals surface area contributed by atoms with Crippen LogP contribution in [-0.2, 0) is 0 Å². The standard InChI is InChI=1S/C9H21N5/c1-7-6-14(3)5-4-8(7)12-9(11-2)13-10/h7-8H,4-6,10H2,1-3H3,(H2,11,12,13). The van der Waals surface area contributed by atoms with Gasteiger partial charge in [-0.3, -0.25) is 10.4 Å². The van der Waals surface area contributed by atoms with Gasteiger partial charge < -0.3 is 10.2 Å². The first-order valence-corrected chi connectivity index (χ1v) is 5.06. The lowest BCUT2D eigenvalue weighted by Gasteiger charge is -2.35. The quantitative estimate of drug-likeness (QED) is 0.228. The largest absolute Gasteiger partial charge is 0.352 e. The summed E-state index contributed by atoms with van der Waals surface area (Å²) in [7, 11) is 3.88. The van der Waals surface area contributed by atoms with Crippen LogP contribution in [0.1, 0.15) is 13.3 Å². The smallest absolute Gasteiger partial charge is 0.205 e. The molecule has 0 aromatic heterocycles. The first-order valence-electron chi connectivity index (χ1n) is 5.06. The molecule has 0 aromatic carbocycles. The van der Waals surface area contributed by atoms with Gasteiger partial charge in [-0.1, -0.05) is 6.92 Å². The molecular weight excluding hydrogens is 178 g/mol. The molecule has 1 saturated heterocycles. The third kappa shape index (κ3) is 2.85. The highest BCUT2D eigenvalue weighted by molar-refractivity contribution is 5.79. The van der Waals surface area contributed by atoms with Crippen molar-refractivity contribution in [3.05, 3.63) is 0 Å². The van der Waals surface area contributed by atoms with Crippen LogP contribution in [0.5, 0.6) is 0 Å². The number of nitrogens with zero attached hydrogens (tertiary/aromatic N) is 2. The van der Waals surface area contributed by atoms with Gasteiger partial charge in [0.1, 0.15) is 0 Å². The van der Waals surface area contributed by atoms with E-state index in [-0.39, 0.29) is 0 Å². The highest BCUT2D eigenvalue weighted by atomic mass is 15.3. The minimum atomic E-state index is 0.473. The van der Waals surface area contributed by atoms with Crippen LogP contribution in [0.3, 0.4) is 0 Å². The average Bonchev–Trinajstić information content (AvgIpc) is 2.17. The first-order chi connectivity index (χ1) is 6.67. The van der Waals surface area contributed by atoms with Crippen LogP contribution in [-0.4, -0.2) is 44.1 Å². The maximum Gasteiger partial charge on any atom is 0.205 e. The summed E-state index contributed by atoms with van der Waals surface area (Å²) in [6, 6.07) is 0.473. The number of nitrogens with one attached hydrogen (secondary N) is 2. The summed E-state index contributed by atoms with van der Waals surface area (Å²) < 4.78 is 0. The number of piperidine rings is 1. The van der Waals surface area contributed by atoms with E-state index in [4.69, 9.17) is 5.84 Å². The molecule has 0 bridgehead atoms. The third-order valence-electron chi connectivity index (χ3n) is 2.79. The Kier molecular flexibility index (Phi) is 4.16. The zero-order chi connectivity index (χ0) is 10.6. The molecule has 14 heavy (non-hydrogen) atoms. The van der Waals surface area contributed by atoms with E-state index in [1.165, 1.54) is 0 Å². The Labute approximate surface area is 85.7 Å². The monoisotopic (exact) mass is 199 g/mol. The summed E-state index contributed by atoms with van der Waals surface area (Å²) in [6.07, 6.45) is 1.14. The molecule has 5 heteroatoms. The molecule has 1 aliphatic heterocycles. The molecule has 0 radical (unpaired) electrons. The number of aliphatic imine (C=N–C) groups is 1. The van der Waals surface area contributed by atoms with Gasteiger partial charge in [-0.25, -0.2) is 5.84 Å². The number of hydrazine groups is 1. The predicted molar refractivity (Wildman–Crippen MR) is 58.9 cm³/mol. The molecule has 2 atom stereocenters. The van der Waals surface area contributed by atoms with Crippen LogP contribution in [0, 0.1) is 5.92 Å². The Morgan fingerprint density at radius 3 is 2.79 bits per heavy atom. The molecule has 82 valence electrons. The van der Waals surface area contributed by atoms with E-state index >= 15 is 0 Å². The highest BCUT2D eigenvalue weighted by Crippen LogP contribution is 2.14. The Hall–Kier alpha value is -0.810. The summed E-state index contributed by atoms with van der Waals surface area (Å²) in [5.74, 6) is 6.62. The molecule has 4 N–H and O–H groups in total. The van der Waals surface area contributed by atoms with Gasteiger partial charge in [0.05, 0.1) is 0 Å². The Balaban J connectivity index is 2.44. The molecule has 1 fully saturated rings. The minimum absolute atomic E-state index is 0.473. The minimum Gasteiger partial charge on any atom is -0.352 e. The van der Waals surface area contributed by atoms with Crippen molar-refractivity contribution >= 4 is 5.96 Å². The summed E-state index contributed by atoms with van der Waals surface area (Å²) in [5.41, 5.74) is 2.56. The van der Waals surface area contributed by atoms with Crippen LogP contribution in [0.25, 0.3) is 0 Å². The zero-order valence-electron chi connectivity index (χ0n) is 9.25. The lowest BCUT2D eigenvalue weighted by Crippen LogP contribution is -2.53. The van der Waals surface area contributed by atoms with E-state index < -0.39 is 0 Å². The highest BCUT2D eigenvalue weighted by Gasteiger charge is 2.24. The number of hydrogen-bond donors (Lipinski definition) is 3. The fraction of sp³-hybridized carbons (Fsp3) is 0.889. The van der Waals surface area contributed by atoms with Gasteiger partial charge in [-0.05, 0) is 25.9 Å². The van der Waals surface area contributed by atoms with Gasteiger partial charge in [-0.2, -0.15) is 0 Å². The van der Waals surface area contributed by atoms with Gasteiger partial charge in [0, 0.05) is 19.6 Å². The fourth-order valence-electron chi connectivity index (χ4n) is 1.91. The summed E-state index contributed by atoms with van der Waals surface area (Å²) in [6.45, 7) is 4.50. The van der Waals surface area contributed by atoms with Gasteiger partial charge >= 0.3 is 0 Å². The molecule has 1 heterocycles.